The zero-order valence-electron chi connectivity index (χ0n) is 21.9. The minimum absolute atomic E-state index is 0.397. The number of nitrogens with zero attached hydrogens (tertiary/aromatic N) is 4. The Balaban J connectivity index is 1.44. The minimum atomic E-state index is 0.397. The molecule has 0 saturated carbocycles. The van der Waals surface area contributed by atoms with Gasteiger partial charge in [0.25, 0.3) is 0 Å². The molecule has 0 fully saturated rings. The number of benzene rings is 5. The quantitative estimate of drug-likeness (QED) is 0.186. The van der Waals surface area contributed by atoms with Gasteiger partial charge in [0.05, 0.1) is 17.9 Å². The minimum Gasteiger partial charge on any atom is -0.383 e. The molecule has 0 radical (unpaired) electrons. The van der Waals surface area contributed by atoms with Crippen molar-refractivity contribution in [3.8, 4) is 22.5 Å². The summed E-state index contributed by atoms with van der Waals surface area (Å²) in [7, 11) is 0. The lowest BCUT2D eigenvalue weighted by Crippen LogP contribution is -2.16. The number of fused-ring (bicyclic) bond motifs is 1. The summed E-state index contributed by atoms with van der Waals surface area (Å²) in [6.07, 6.45) is 0. The van der Waals surface area contributed by atoms with Gasteiger partial charge in [0.1, 0.15) is 5.84 Å². The van der Waals surface area contributed by atoms with Crippen molar-refractivity contribution in [3.63, 3.8) is 0 Å². The van der Waals surface area contributed by atoms with E-state index in [2.05, 4.69) is 34.5 Å². The topological polar surface area (TPSA) is 76.5 Å². The maximum absolute atomic E-state index is 6.43. The normalized spacial score (nSPS) is 12.0. The van der Waals surface area contributed by atoms with Crippen molar-refractivity contribution >= 4 is 22.4 Å². The lowest BCUT2D eigenvalue weighted by molar-refractivity contribution is 1.03. The van der Waals surface area contributed by atoms with Crippen molar-refractivity contribution in [2.45, 2.75) is 6.54 Å². The van der Waals surface area contributed by atoms with E-state index in [-0.39, 0.29) is 0 Å². The SMILES string of the molecule is NC(=NC(=NCc1c(-c2ccc(-c3ccccc3)nn2)ccc2ccccc12)c1ccccc1)c1ccccc1. The van der Waals surface area contributed by atoms with Crippen LogP contribution in [0.25, 0.3) is 33.3 Å². The highest BCUT2D eigenvalue weighted by Gasteiger charge is 2.13. The highest BCUT2D eigenvalue weighted by molar-refractivity contribution is 6.11. The van der Waals surface area contributed by atoms with Crippen molar-refractivity contribution in [2.75, 3.05) is 0 Å². The van der Waals surface area contributed by atoms with Gasteiger partial charge < -0.3 is 5.73 Å². The average Bonchev–Trinajstić information content (AvgIpc) is 3.04. The molecule has 0 bridgehead atoms. The molecule has 192 valence electrons. The molecular weight excluding hydrogens is 490 g/mol. The molecule has 0 aliphatic heterocycles. The fourth-order valence-electron chi connectivity index (χ4n) is 4.70. The Labute approximate surface area is 233 Å². The van der Waals surface area contributed by atoms with Crippen LogP contribution in [0.3, 0.4) is 0 Å². The molecule has 5 nitrogen and oxygen atoms in total. The first-order valence-electron chi connectivity index (χ1n) is 13.2. The summed E-state index contributed by atoms with van der Waals surface area (Å²) < 4.78 is 0. The van der Waals surface area contributed by atoms with Crippen LogP contribution in [0, 0.1) is 0 Å². The van der Waals surface area contributed by atoms with Gasteiger partial charge in [-0.05, 0) is 28.5 Å². The first kappa shape index (κ1) is 24.9. The smallest absolute Gasteiger partial charge is 0.157 e. The number of hydrogen-bond acceptors (Lipinski definition) is 3. The van der Waals surface area contributed by atoms with Crippen LogP contribution in [0.1, 0.15) is 16.7 Å². The fourth-order valence-corrected chi connectivity index (χ4v) is 4.70. The van der Waals surface area contributed by atoms with E-state index in [0.717, 1.165) is 50.0 Å². The number of aliphatic imine (C=N–C) groups is 2. The van der Waals surface area contributed by atoms with E-state index in [4.69, 9.17) is 15.7 Å². The van der Waals surface area contributed by atoms with E-state index in [1.54, 1.807) is 0 Å². The van der Waals surface area contributed by atoms with Crippen molar-refractivity contribution < 1.29 is 0 Å². The van der Waals surface area contributed by atoms with Crippen molar-refractivity contribution in [2.24, 2.45) is 15.7 Å². The summed E-state index contributed by atoms with van der Waals surface area (Å²) in [6.45, 7) is 0.397. The van der Waals surface area contributed by atoms with Gasteiger partial charge in [-0.15, -0.1) is 10.2 Å². The molecule has 0 spiro atoms. The van der Waals surface area contributed by atoms with Crippen molar-refractivity contribution in [1.29, 1.82) is 0 Å². The molecular formula is C35H27N5. The van der Waals surface area contributed by atoms with Gasteiger partial charge in [0, 0.05) is 22.3 Å². The zero-order valence-corrected chi connectivity index (χ0v) is 21.9. The summed E-state index contributed by atoms with van der Waals surface area (Å²) in [5, 5.41) is 11.4. The van der Waals surface area contributed by atoms with Gasteiger partial charge in [0.15, 0.2) is 5.84 Å². The average molecular weight is 518 g/mol. The predicted octanol–water partition coefficient (Wildman–Crippen LogP) is 7.32. The number of nitrogens with two attached hydrogens (primary N) is 1. The monoisotopic (exact) mass is 517 g/mol. The van der Waals surface area contributed by atoms with E-state index in [9.17, 15) is 0 Å². The van der Waals surface area contributed by atoms with E-state index >= 15 is 0 Å². The molecule has 0 unspecified atom stereocenters. The molecule has 6 aromatic rings. The Morgan fingerprint density at radius 1 is 0.575 bits per heavy atom. The second-order valence-electron chi connectivity index (χ2n) is 9.35. The summed E-state index contributed by atoms with van der Waals surface area (Å²) in [5.74, 6) is 0.995. The standard InChI is InChI=1S/C35H27N5/c36-34(27-15-6-2-7-16-27)38-35(28-17-8-3-9-18-28)37-24-31-29-19-11-10-12-25(29)20-21-30(31)33-23-22-32(39-40-33)26-13-4-1-5-14-26/h1-23H,24H2,(H2,36,37,38). The first-order valence-corrected chi connectivity index (χ1v) is 13.2. The second kappa shape index (κ2) is 11.5. The Kier molecular flexibility index (Phi) is 7.18. The predicted molar refractivity (Wildman–Crippen MR) is 164 cm³/mol. The van der Waals surface area contributed by atoms with Crippen LogP contribution in [0.5, 0.6) is 0 Å². The Bertz CT molecular complexity index is 1790. The third-order valence-corrected chi connectivity index (χ3v) is 6.77. The maximum Gasteiger partial charge on any atom is 0.157 e. The number of aromatic nitrogens is 2. The van der Waals surface area contributed by atoms with Crippen molar-refractivity contribution in [3.05, 3.63) is 156 Å². The van der Waals surface area contributed by atoms with Crippen LogP contribution in [0.2, 0.25) is 0 Å². The lowest BCUT2D eigenvalue weighted by Gasteiger charge is -2.12. The van der Waals surface area contributed by atoms with Gasteiger partial charge in [-0.25, -0.2) is 4.99 Å². The number of hydrogen-bond donors (Lipinski definition) is 1. The lowest BCUT2D eigenvalue weighted by atomic mass is 9.96. The second-order valence-corrected chi connectivity index (χ2v) is 9.35. The summed E-state index contributed by atoms with van der Waals surface area (Å²) in [6, 6.07) is 46.3. The van der Waals surface area contributed by atoms with Crippen LogP contribution >= 0.6 is 0 Å². The highest BCUT2D eigenvalue weighted by Crippen LogP contribution is 2.31. The van der Waals surface area contributed by atoms with E-state index in [1.807, 2.05) is 115 Å². The van der Waals surface area contributed by atoms with Gasteiger partial charge >= 0.3 is 0 Å². The molecule has 0 atom stereocenters. The van der Waals surface area contributed by atoms with E-state index < -0.39 is 0 Å². The zero-order chi connectivity index (χ0) is 27.1. The Morgan fingerprint density at radius 3 is 1.88 bits per heavy atom. The summed E-state index contributed by atoms with van der Waals surface area (Å²) >= 11 is 0. The third kappa shape index (κ3) is 5.40. The van der Waals surface area contributed by atoms with Crippen LogP contribution in [0.4, 0.5) is 0 Å². The van der Waals surface area contributed by atoms with Gasteiger partial charge in [-0.3, -0.25) is 4.99 Å². The van der Waals surface area contributed by atoms with Crippen molar-refractivity contribution in [1.82, 2.24) is 10.2 Å². The maximum atomic E-state index is 6.43. The Morgan fingerprint density at radius 2 is 1.18 bits per heavy atom. The largest absolute Gasteiger partial charge is 0.383 e. The summed E-state index contributed by atoms with van der Waals surface area (Å²) in [4.78, 5) is 9.81. The van der Waals surface area contributed by atoms with Crippen LogP contribution in [-0.4, -0.2) is 21.9 Å². The van der Waals surface area contributed by atoms with Gasteiger partial charge in [-0.2, -0.15) is 0 Å². The molecule has 40 heavy (non-hydrogen) atoms. The van der Waals surface area contributed by atoms with E-state index in [0.29, 0.717) is 18.2 Å². The molecule has 1 aromatic heterocycles. The van der Waals surface area contributed by atoms with E-state index in [1.165, 1.54) is 0 Å². The molecule has 1 heterocycles. The number of amidine groups is 2. The molecule has 0 aliphatic carbocycles. The van der Waals surface area contributed by atoms with Crippen LogP contribution in [0.15, 0.2) is 150 Å². The summed E-state index contributed by atoms with van der Waals surface area (Å²) in [5.41, 5.74) is 12.9. The van der Waals surface area contributed by atoms with Gasteiger partial charge in [0.2, 0.25) is 0 Å². The Hall–Kier alpha value is -5.42. The molecule has 5 heteroatoms. The fraction of sp³-hybridized carbons (Fsp3) is 0.0286. The highest BCUT2D eigenvalue weighted by atomic mass is 15.1. The molecule has 0 amide bonds. The third-order valence-electron chi connectivity index (χ3n) is 6.77. The molecule has 0 aliphatic rings. The molecule has 5 aromatic carbocycles. The molecule has 0 saturated heterocycles. The molecule has 2 N–H and O–H groups in total. The van der Waals surface area contributed by atoms with Gasteiger partial charge in [-0.1, -0.05) is 127 Å². The first-order chi connectivity index (χ1) is 19.8. The number of rotatable bonds is 6. The molecule has 6 rings (SSSR count). The van der Waals surface area contributed by atoms with Crippen LogP contribution < -0.4 is 5.73 Å². The van der Waals surface area contributed by atoms with Crippen LogP contribution in [-0.2, 0) is 6.54 Å².